The highest BCUT2D eigenvalue weighted by Gasteiger charge is 2.50. The van der Waals surface area contributed by atoms with Gasteiger partial charge in [0.25, 0.3) is 5.09 Å². The summed E-state index contributed by atoms with van der Waals surface area (Å²) in [4.78, 5) is 80.0. The van der Waals surface area contributed by atoms with Crippen molar-refractivity contribution in [2.75, 3.05) is 26.9 Å². The van der Waals surface area contributed by atoms with Gasteiger partial charge in [-0.05, 0) is 25.8 Å². The Morgan fingerprint density at radius 3 is 2.35 bits per heavy atom. The van der Waals surface area contributed by atoms with Crippen LogP contribution in [0.4, 0.5) is 0 Å². The van der Waals surface area contributed by atoms with Crippen LogP contribution >= 0.6 is 0 Å². The van der Waals surface area contributed by atoms with Crippen molar-refractivity contribution in [1.29, 1.82) is 0 Å². The van der Waals surface area contributed by atoms with Crippen LogP contribution in [0.5, 0.6) is 17.2 Å². The number of rotatable bonds is 15. The highest BCUT2D eigenvalue weighted by Crippen LogP contribution is 2.52. The van der Waals surface area contributed by atoms with Gasteiger partial charge in [0.1, 0.15) is 22.8 Å². The maximum atomic E-state index is 13.9. The number of unbranched alkanes of at least 4 members (excludes halogenated alkanes) is 1. The number of fused-ring (bicyclic) bond motifs is 3. The molecule has 1 heterocycles. The van der Waals surface area contributed by atoms with E-state index in [0.29, 0.717) is 0 Å². The zero-order chi connectivity index (χ0) is 39.5. The molecule has 1 fully saturated rings. The fourth-order valence-corrected chi connectivity index (χ4v) is 6.76. The molecular weight excluding hydrogens is 720 g/mol. The molecule has 0 spiro atoms. The lowest BCUT2D eigenvalue weighted by Gasteiger charge is -2.42. The van der Waals surface area contributed by atoms with E-state index in [-0.39, 0.29) is 60.5 Å². The van der Waals surface area contributed by atoms with Crippen molar-refractivity contribution in [1.82, 2.24) is 0 Å². The monoisotopic (exact) mass is 760 g/mol. The minimum absolute atomic E-state index is 0.0439. The lowest BCUT2D eigenvalue weighted by Crippen LogP contribution is -2.53. The molecule has 292 valence electrons. The van der Waals surface area contributed by atoms with Gasteiger partial charge in [-0.2, -0.15) is 0 Å². The summed E-state index contributed by atoms with van der Waals surface area (Å²) in [5, 5.41) is 54.7. The molecule has 4 unspecified atom stereocenters. The Hall–Kier alpha value is -5.21. The number of phenols is 2. The Bertz CT molecular complexity index is 1830. The summed E-state index contributed by atoms with van der Waals surface area (Å²) in [5.41, 5.74) is 1.75. The number of carbonyl (C=O) groups is 5. The topological polar surface area (TPSA) is 291 Å². The summed E-state index contributed by atoms with van der Waals surface area (Å²) in [6, 6.07) is 3.43. The SMILES string of the molecule is COc1cccc2c1C(=O)c1c(O)c3c(c(O)c1C2=O)C[C@@](O)(C(=O)COC(=O)CCC(=O)OCCCCO[N+](=O)[O-])C[C@@H]3OC1CC(N)C(O)C(C)O1. The number of nitrogens with zero attached hydrogens (tertiary/aromatic N) is 1. The van der Waals surface area contributed by atoms with Crippen LogP contribution in [0.15, 0.2) is 18.2 Å². The molecular formula is C35H40N2O17. The second-order valence-corrected chi connectivity index (χ2v) is 13.1. The third kappa shape index (κ3) is 8.14. The normalized spacial score (nSPS) is 24.4. The number of benzene rings is 2. The number of hydrogen-bond acceptors (Lipinski definition) is 18. The Morgan fingerprint density at radius 1 is 1.02 bits per heavy atom. The summed E-state index contributed by atoms with van der Waals surface area (Å²) in [5.74, 6) is -6.00. The van der Waals surface area contributed by atoms with E-state index in [4.69, 9.17) is 29.4 Å². The Kier molecular flexibility index (Phi) is 12.2. The lowest BCUT2D eigenvalue weighted by atomic mass is 9.72. The number of carbonyl (C=O) groups excluding carboxylic acids is 5. The third-order valence-electron chi connectivity index (χ3n) is 9.56. The fraction of sp³-hybridized carbons (Fsp3) is 0.514. The maximum absolute atomic E-state index is 13.9. The van der Waals surface area contributed by atoms with Gasteiger partial charge in [-0.25, -0.2) is 0 Å². The van der Waals surface area contributed by atoms with Crippen LogP contribution in [0.1, 0.15) is 94.5 Å². The van der Waals surface area contributed by atoms with Crippen molar-refractivity contribution >= 4 is 29.3 Å². The smallest absolute Gasteiger partial charge is 0.306 e. The Morgan fingerprint density at radius 2 is 1.69 bits per heavy atom. The van der Waals surface area contributed by atoms with Gasteiger partial charge in [0, 0.05) is 42.0 Å². The molecule has 54 heavy (non-hydrogen) atoms. The van der Waals surface area contributed by atoms with Crippen LogP contribution in [0.25, 0.3) is 0 Å². The summed E-state index contributed by atoms with van der Waals surface area (Å²) >= 11 is 0. The number of ketones is 3. The van der Waals surface area contributed by atoms with Crippen LogP contribution in [-0.4, -0.2) is 112 Å². The molecule has 19 nitrogen and oxygen atoms in total. The first-order chi connectivity index (χ1) is 25.6. The molecule has 5 rings (SSSR count). The predicted molar refractivity (Wildman–Crippen MR) is 178 cm³/mol. The number of hydrogen-bond donors (Lipinski definition) is 5. The highest BCUT2D eigenvalue weighted by molar-refractivity contribution is 6.31. The standard InChI is InChI=1S/C35H40N2O17/c1-16-30(41)19(36)12-25(53-16)54-21-14-35(46,22(38)15-51-24(40)9-8-23(39)50-10-3-4-11-52-37(47)48)13-18-27(21)34(45)29-28(32(18)43)31(42)17-6-5-7-20(49-2)26(17)33(29)44/h5-7,16,19,21,25,30,41,43,45-46H,3-4,8-15,36H2,1-2H3/t16?,19?,21-,25?,30?,35-/m0/s1. The van der Waals surface area contributed by atoms with Gasteiger partial charge >= 0.3 is 11.9 Å². The molecule has 1 aliphatic heterocycles. The van der Waals surface area contributed by atoms with Crippen molar-refractivity contribution in [3.05, 3.63) is 61.7 Å². The second kappa shape index (κ2) is 16.4. The summed E-state index contributed by atoms with van der Waals surface area (Å²) in [6.45, 7) is 0.301. The summed E-state index contributed by atoms with van der Waals surface area (Å²) in [6.07, 6.45) is -6.31. The van der Waals surface area contributed by atoms with Crippen molar-refractivity contribution in [2.45, 2.75) is 88.1 Å². The van der Waals surface area contributed by atoms with Gasteiger partial charge in [-0.3, -0.25) is 24.0 Å². The van der Waals surface area contributed by atoms with Crippen LogP contribution in [-0.2, 0) is 44.6 Å². The quantitative estimate of drug-likeness (QED) is 0.0472. The molecule has 6 atom stereocenters. The zero-order valence-electron chi connectivity index (χ0n) is 29.3. The van der Waals surface area contributed by atoms with E-state index >= 15 is 0 Å². The Balaban J connectivity index is 1.37. The van der Waals surface area contributed by atoms with Gasteiger partial charge in [-0.1, -0.05) is 12.1 Å². The van der Waals surface area contributed by atoms with E-state index in [1.165, 1.54) is 32.2 Å². The van der Waals surface area contributed by atoms with Crippen molar-refractivity contribution in [2.24, 2.45) is 5.73 Å². The molecule has 1 saturated heterocycles. The number of esters is 2. The molecule has 0 amide bonds. The molecule has 2 aliphatic carbocycles. The van der Waals surface area contributed by atoms with Crippen molar-refractivity contribution in [3.8, 4) is 17.2 Å². The van der Waals surface area contributed by atoms with E-state index in [2.05, 4.69) is 4.84 Å². The minimum atomic E-state index is -2.45. The van der Waals surface area contributed by atoms with Gasteiger partial charge < -0.3 is 54.7 Å². The number of aliphatic hydroxyl groups excluding tert-OH is 1. The first kappa shape index (κ1) is 40.0. The van der Waals surface area contributed by atoms with Crippen LogP contribution in [0.2, 0.25) is 0 Å². The van der Waals surface area contributed by atoms with E-state index in [0.717, 1.165) is 0 Å². The van der Waals surface area contributed by atoms with Crippen LogP contribution in [0, 0.1) is 10.1 Å². The summed E-state index contributed by atoms with van der Waals surface area (Å²) < 4.78 is 27.2. The Labute approximate surface area is 306 Å². The first-order valence-corrected chi connectivity index (χ1v) is 17.0. The van der Waals surface area contributed by atoms with E-state index in [1.807, 2.05) is 0 Å². The largest absolute Gasteiger partial charge is 0.507 e. The molecule has 0 radical (unpaired) electrons. The summed E-state index contributed by atoms with van der Waals surface area (Å²) in [7, 11) is 1.29. The second-order valence-electron chi connectivity index (χ2n) is 13.1. The number of aromatic hydroxyl groups is 2. The number of phenolic OH excluding ortho intramolecular Hbond substituents is 2. The number of Topliss-reactive ketones (excluding diaryl/α,β-unsaturated/α-hetero) is 1. The van der Waals surface area contributed by atoms with Gasteiger partial charge in [0.05, 0.1) is 68.2 Å². The predicted octanol–water partition coefficient (Wildman–Crippen LogP) is 0.864. The molecule has 2 aromatic rings. The number of aliphatic hydroxyl groups is 2. The highest BCUT2D eigenvalue weighted by atomic mass is 16.9. The average Bonchev–Trinajstić information content (AvgIpc) is 3.13. The number of ether oxygens (including phenoxy) is 5. The van der Waals surface area contributed by atoms with E-state index in [1.54, 1.807) is 0 Å². The lowest BCUT2D eigenvalue weighted by molar-refractivity contribution is -0.757. The molecule has 0 bridgehead atoms. The van der Waals surface area contributed by atoms with Crippen LogP contribution in [0.3, 0.4) is 0 Å². The van der Waals surface area contributed by atoms with Gasteiger partial charge in [0.2, 0.25) is 11.6 Å². The molecule has 0 aromatic heterocycles. The van der Waals surface area contributed by atoms with Gasteiger partial charge in [0.15, 0.2) is 18.7 Å². The molecule has 19 heteroatoms. The zero-order valence-corrected chi connectivity index (χ0v) is 29.3. The van der Waals surface area contributed by atoms with Crippen molar-refractivity contribution < 1.29 is 78.0 Å². The average molecular weight is 761 g/mol. The molecule has 2 aromatic carbocycles. The first-order valence-electron chi connectivity index (χ1n) is 17.0. The third-order valence-corrected chi connectivity index (χ3v) is 9.56. The molecule has 3 aliphatic rings. The number of methoxy groups -OCH3 is 1. The van der Waals surface area contributed by atoms with E-state index < -0.39 is 126 Å². The van der Waals surface area contributed by atoms with E-state index in [9.17, 15) is 54.5 Å². The molecule has 6 N–H and O–H groups in total. The number of nitrogens with two attached hydrogens (primary N) is 1. The van der Waals surface area contributed by atoms with Crippen LogP contribution < -0.4 is 10.5 Å². The maximum Gasteiger partial charge on any atom is 0.306 e. The minimum Gasteiger partial charge on any atom is -0.507 e. The molecule has 0 saturated carbocycles. The van der Waals surface area contributed by atoms with Gasteiger partial charge in [-0.15, -0.1) is 10.1 Å². The van der Waals surface area contributed by atoms with Crippen molar-refractivity contribution in [3.63, 3.8) is 0 Å². The fourth-order valence-electron chi connectivity index (χ4n) is 6.76.